The molecule has 0 unspecified atom stereocenters. The number of rotatable bonds is 3. The summed E-state index contributed by atoms with van der Waals surface area (Å²) < 4.78 is 0. The Morgan fingerprint density at radius 3 is 3.00 bits per heavy atom. The number of hydrogen-bond donors (Lipinski definition) is 2. The Bertz CT molecular complexity index is 153. The minimum Gasteiger partial charge on any atom is -0.391 e. The molecule has 0 aliphatic heterocycles. The summed E-state index contributed by atoms with van der Waals surface area (Å²) in [5.41, 5.74) is 2.74. The van der Waals surface area contributed by atoms with Crippen molar-refractivity contribution in [3.8, 4) is 12.3 Å². The molecule has 1 rings (SSSR count). The summed E-state index contributed by atoms with van der Waals surface area (Å²) in [4.78, 5) is 4.89. The van der Waals surface area contributed by atoms with Gasteiger partial charge in [0.15, 0.2) is 0 Å². The van der Waals surface area contributed by atoms with E-state index in [0.717, 1.165) is 19.3 Å². The lowest BCUT2D eigenvalue weighted by atomic mass is 10.2. The lowest BCUT2D eigenvalue weighted by Gasteiger charge is -2.14. The zero-order valence-corrected chi connectivity index (χ0v) is 6.42. The summed E-state index contributed by atoms with van der Waals surface area (Å²) in [5.74, 6) is 2.34. The second-order valence-electron chi connectivity index (χ2n) is 2.72. The lowest BCUT2D eigenvalue weighted by molar-refractivity contribution is 0.00342. The van der Waals surface area contributed by atoms with Crippen LogP contribution in [0, 0.1) is 12.3 Å². The second kappa shape index (κ2) is 4.35. The highest BCUT2D eigenvalue weighted by molar-refractivity contribution is 4.84. The first-order valence-electron chi connectivity index (χ1n) is 3.83. The molecule has 1 saturated carbocycles. The van der Waals surface area contributed by atoms with Gasteiger partial charge in [-0.2, -0.15) is 5.48 Å². The third-order valence-corrected chi connectivity index (χ3v) is 1.87. The van der Waals surface area contributed by atoms with Crippen LogP contribution in [0.5, 0.6) is 0 Å². The number of hydroxylamine groups is 1. The van der Waals surface area contributed by atoms with Crippen LogP contribution in [0.3, 0.4) is 0 Å². The van der Waals surface area contributed by atoms with E-state index in [1.807, 2.05) is 0 Å². The molecule has 1 aliphatic carbocycles. The SMILES string of the molecule is C#CCON[C@H]1CCC[C@@H]1O. The summed E-state index contributed by atoms with van der Waals surface area (Å²) in [5, 5.41) is 9.29. The average molecular weight is 155 g/mol. The molecule has 0 spiro atoms. The molecule has 2 atom stereocenters. The molecular weight excluding hydrogens is 142 g/mol. The van der Waals surface area contributed by atoms with Crippen molar-refractivity contribution in [3.05, 3.63) is 0 Å². The van der Waals surface area contributed by atoms with E-state index in [9.17, 15) is 5.11 Å². The second-order valence-corrected chi connectivity index (χ2v) is 2.72. The van der Waals surface area contributed by atoms with Crippen molar-refractivity contribution in [2.75, 3.05) is 6.61 Å². The van der Waals surface area contributed by atoms with Crippen LogP contribution in [0.2, 0.25) is 0 Å². The zero-order valence-electron chi connectivity index (χ0n) is 6.42. The first kappa shape index (κ1) is 8.54. The van der Waals surface area contributed by atoms with Crippen molar-refractivity contribution >= 4 is 0 Å². The van der Waals surface area contributed by atoms with Crippen LogP contribution in [0.4, 0.5) is 0 Å². The van der Waals surface area contributed by atoms with Gasteiger partial charge in [0.1, 0.15) is 6.61 Å². The van der Waals surface area contributed by atoms with Gasteiger partial charge in [0.25, 0.3) is 0 Å². The van der Waals surface area contributed by atoms with E-state index >= 15 is 0 Å². The Balaban J connectivity index is 2.11. The monoisotopic (exact) mass is 155 g/mol. The maximum absolute atomic E-state index is 9.29. The van der Waals surface area contributed by atoms with Crippen LogP contribution in [-0.2, 0) is 4.84 Å². The average Bonchev–Trinajstić information content (AvgIpc) is 2.37. The van der Waals surface area contributed by atoms with Gasteiger partial charge in [-0.1, -0.05) is 5.92 Å². The maximum Gasteiger partial charge on any atom is 0.128 e. The molecule has 0 aromatic carbocycles. The van der Waals surface area contributed by atoms with Gasteiger partial charge >= 0.3 is 0 Å². The van der Waals surface area contributed by atoms with Gasteiger partial charge in [-0.3, -0.25) is 4.84 Å². The molecule has 0 aromatic heterocycles. The summed E-state index contributed by atoms with van der Waals surface area (Å²) in [6.07, 6.45) is 7.58. The Hall–Kier alpha value is -0.560. The fourth-order valence-electron chi connectivity index (χ4n) is 1.27. The van der Waals surface area contributed by atoms with Crippen molar-refractivity contribution in [2.45, 2.75) is 31.4 Å². The standard InChI is InChI=1S/C8H13NO2/c1-2-6-11-9-7-4-3-5-8(7)10/h1,7-10H,3-6H2/t7-,8-/m0/s1. The van der Waals surface area contributed by atoms with Crippen LogP contribution in [0.25, 0.3) is 0 Å². The van der Waals surface area contributed by atoms with Crippen LogP contribution in [-0.4, -0.2) is 23.9 Å². The number of aliphatic hydroxyl groups is 1. The highest BCUT2D eigenvalue weighted by Crippen LogP contribution is 2.18. The third-order valence-electron chi connectivity index (χ3n) is 1.87. The smallest absolute Gasteiger partial charge is 0.128 e. The first-order chi connectivity index (χ1) is 5.34. The summed E-state index contributed by atoms with van der Waals surface area (Å²) >= 11 is 0. The predicted octanol–water partition coefficient (Wildman–Crippen LogP) is 0.0542. The van der Waals surface area contributed by atoms with E-state index in [1.165, 1.54) is 0 Å². The maximum atomic E-state index is 9.29. The molecule has 2 N–H and O–H groups in total. The van der Waals surface area contributed by atoms with Crippen LogP contribution >= 0.6 is 0 Å². The molecule has 0 amide bonds. The van der Waals surface area contributed by atoms with E-state index in [-0.39, 0.29) is 18.8 Å². The molecule has 0 radical (unpaired) electrons. The van der Waals surface area contributed by atoms with E-state index < -0.39 is 0 Å². The van der Waals surface area contributed by atoms with Gasteiger partial charge in [0.2, 0.25) is 0 Å². The van der Waals surface area contributed by atoms with Crippen molar-refractivity contribution in [1.82, 2.24) is 5.48 Å². The topological polar surface area (TPSA) is 41.5 Å². The molecular formula is C8H13NO2. The quantitative estimate of drug-likeness (QED) is 0.344. The minimum atomic E-state index is -0.271. The molecule has 3 nitrogen and oxygen atoms in total. The third kappa shape index (κ3) is 2.51. The first-order valence-corrected chi connectivity index (χ1v) is 3.83. The van der Waals surface area contributed by atoms with Gasteiger partial charge in [0.05, 0.1) is 12.1 Å². The Morgan fingerprint density at radius 2 is 2.45 bits per heavy atom. The molecule has 0 bridgehead atoms. The molecule has 0 heterocycles. The van der Waals surface area contributed by atoms with Crippen LogP contribution < -0.4 is 5.48 Å². The zero-order chi connectivity index (χ0) is 8.10. The molecule has 1 fully saturated rings. The summed E-state index contributed by atoms with van der Waals surface area (Å²) in [6, 6.07) is 0.0725. The van der Waals surface area contributed by atoms with E-state index in [1.54, 1.807) is 0 Å². The fourth-order valence-corrected chi connectivity index (χ4v) is 1.27. The molecule has 1 aliphatic rings. The van der Waals surface area contributed by atoms with Crippen molar-refractivity contribution < 1.29 is 9.94 Å². The summed E-state index contributed by atoms with van der Waals surface area (Å²) in [7, 11) is 0. The van der Waals surface area contributed by atoms with Crippen molar-refractivity contribution in [1.29, 1.82) is 0 Å². The fraction of sp³-hybridized carbons (Fsp3) is 0.750. The number of aliphatic hydroxyl groups excluding tert-OH is 1. The molecule has 62 valence electrons. The van der Waals surface area contributed by atoms with E-state index in [2.05, 4.69) is 11.4 Å². The van der Waals surface area contributed by atoms with Crippen LogP contribution in [0.1, 0.15) is 19.3 Å². The Kier molecular flexibility index (Phi) is 3.37. The van der Waals surface area contributed by atoms with Crippen LogP contribution in [0.15, 0.2) is 0 Å². The van der Waals surface area contributed by atoms with Gasteiger partial charge in [-0.05, 0) is 19.3 Å². The normalized spacial score (nSPS) is 30.2. The Morgan fingerprint density at radius 1 is 1.64 bits per heavy atom. The number of hydrogen-bond acceptors (Lipinski definition) is 3. The predicted molar refractivity (Wildman–Crippen MR) is 41.6 cm³/mol. The summed E-state index contributed by atoms with van der Waals surface area (Å²) in [6.45, 7) is 0.253. The number of nitrogens with one attached hydrogen (secondary N) is 1. The van der Waals surface area contributed by atoms with E-state index in [4.69, 9.17) is 11.3 Å². The lowest BCUT2D eigenvalue weighted by Crippen LogP contribution is -2.35. The van der Waals surface area contributed by atoms with Gasteiger partial charge in [-0.25, -0.2) is 0 Å². The Labute approximate surface area is 66.7 Å². The highest BCUT2D eigenvalue weighted by Gasteiger charge is 2.24. The van der Waals surface area contributed by atoms with Gasteiger partial charge in [0, 0.05) is 0 Å². The molecule has 11 heavy (non-hydrogen) atoms. The molecule has 0 aromatic rings. The highest BCUT2D eigenvalue weighted by atomic mass is 16.6. The minimum absolute atomic E-state index is 0.0725. The van der Waals surface area contributed by atoms with E-state index in [0.29, 0.717) is 0 Å². The van der Waals surface area contributed by atoms with Crippen molar-refractivity contribution in [3.63, 3.8) is 0 Å². The largest absolute Gasteiger partial charge is 0.391 e. The number of terminal acetylenes is 1. The molecule has 3 heteroatoms. The van der Waals surface area contributed by atoms with Gasteiger partial charge < -0.3 is 5.11 Å². The molecule has 0 saturated heterocycles. The van der Waals surface area contributed by atoms with Crippen molar-refractivity contribution in [2.24, 2.45) is 0 Å². The van der Waals surface area contributed by atoms with Gasteiger partial charge in [-0.15, -0.1) is 6.42 Å².